The molecule has 2 aliphatic heterocycles. The first-order valence-electron chi connectivity index (χ1n) is 13.2. The molecule has 1 saturated heterocycles. The van der Waals surface area contributed by atoms with Crippen LogP contribution in [0.25, 0.3) is 10.4 Å². The number of thiazole rings is 1. The molecule has 40 heavy (non-hydrogen) atoms. The molecule has 214 valence electrons. The Labute approximate surface area is 247 Å². The van der Waals surface area contributed by atoms with E-state index in [4.69, 9.17) is 0 Å². The third kappa shape index (κ3) is 6.47. The number of rotatable bonds is 7. The number of hydrogen-bond donors (Lipinski definition) is 4. The number of hydrogen-bond acceptors (Lipinski definition) is 7. The number of benzene rings is 1. The molecule has 0 bridgehead atoms. The molecule has 11 heteroatoms. The van der Waals surface area contributed by atoms with Crippen LogP contribution in [0.15, 0.2) is 54.3 Å². The van der Waals surface area contributed by atoms with Crippen LogP contribution in [0, 0.1) is 12.3 Å². The summed E-state index contributed by atoms with van der Waals surface area (Å²) in [7, 11) is 0. The van der Waals surface area contributed by atoms with Gasteiger partial charge in [-0.1, -0.05) is 61.0 Å². The second kappa shape index (κ2) is 11.8. The molecule has 4 atom stereocenters. The molecule has 9 nitrogen and oxygen atoms in total. The van der Waals surface area contributed by atoms with Gasteiger partial charge in [0.05, 0.1) is 28.2 Å². The number of likely N-dealkylation sites (tertiary alicyclic amines) is 1. The van der Waals surface area contributed by atoms with E-state index in [0.717, 1.165) is 21.7 Å². The highest BCUT2D eigenvalue weighted by Crippen LogP contribution is 2.31. The lowest BCUT2D eigenvalue weighted by molar-refractivity contribution is -0.144. The summed E-state index contributed by atoms with van der Waals surface area (Å²) in [4.78, 5) is 47.3. The summed E-state index contributed by atoms with van der Waals surface area (Å²) in [6.07, 6.45) is 5.84. The van der Waals surface area contributed by atoms with Crippen molar-refractivity contribution in [2.24, 2.45) is 5.41 Å². The highest BCUT2D eigenvalue weighted by Gasteiger charge is 2.46. The van der Waals surface area contributed by atoms with Gasteiger partial charge in [0.1, 0.15) is 16.4 Å². The van der Waals surface area contributed by atoms with Crippen LogP contribution < -0.4 is 16.0 Å². The summed E-state index contributed by atoms with van der Waals surface area (Å²) in [6.45, 7) is 9.43. The van der Waals surface area contributed by atoms with E-state index in [2.05, 4.69) is 36.9 Å². The normalized spacial score (nSPS) is 21.4. The third-order valence-corrected chi connectivity index (χ3v) is 9.09. The van der Waals surface area contributed by atoms with E-state index >= 15 is 0 Å². The van der Waals surface area contributed by atoms with Gasteiger partial charge in [-0.15, -0.1) is 11.3 Å². The molecule has 0 saturated carbocycles. The highest BCUT2D eigenvalue weighted by molar-refractivity contribution is 9.10. The van der Waals surface area contributed by atoms with E-state index in [1.54, 1.807) is 35.9 Å². The van der Waals surface area contributed by atoms with Crippen LogP contribution in [0.3, 0.4) is 0 Å². The van der Waals surface area contributed by atoms with Gasteiger partial charge in [-0.3, -0.25) is 14.4 Å². The van der Waals surface area contributed by atoms with Crippen molar-refractivity contribution in [1.29, 1.82) is 0 Å². The summed E-state index contributed by atoms with van der Waals surface area (Å²) in [5.41, 5.74) is 4.12. The molecule has 1 aromatic carbocycles. The summed E-state index contributed by atoms with van der Waals surface area (Å²) >= 11 is 5.03. The number of carbonyl (C=O) groups is 3. The van der Waals surface area contributed by atoms with Crippen molar-refractivity contribution in [3.05, 3.63) is 65.6 Å². The lowest BCUT2D eigenvalue weighted by atomic mass is 9.85. The minimum atomic E-state index is -1.10. The largest absolute Gasteiger partial charge is 0.391 e. The highest BCUT2D eigenvalue weighted by atomic mass is 79.9. The van der Waals surface area contributed by atoms with Crippen molar-refractivity contribution in [2.75, 3.05) is 6.54 Å². The average molecular weight is 631 g/mol. The van der Waals surface area contributed by atoms with E-state index in [0.29, 0.717) is 0 Å². The lowest BCUT2D eigenvalue weighted by Crippen LogP contribution is -2.59. The van der Waals surface area contributed by atoms with Crippen molar-refractivity contribution in [1.82, 2.24) is 25.8 Å². The van der Waals surface area contributed by atoms with E-state index in [-0.39, 0.29) is 24.9 Å². The van der Waals surface area contributed by atoms with Gasteiger partial charge in [-0.25, -0.2) is 4.98 Å². The monoisotopic (exact) mass is 629 g/mol. The first-order valence-corrected chi connectivity index (χ1v) is 14.9. The molecule has 2 aliphatic rings. The van der Waals surface area contributed by atoms with E-state index in [1.807, 2.05) is 64.4 Å². The van der Waals surface area contributed by atoms with Crippen LogP contribution in [-0.2, 0) is 14.4 Å². The molecule has 0 radical (unpaired) electrons. The maximum Gasteiger partial charge on any atom is 0.246 e. The number of aliphatic hydroxyl groups excluding tert-OH is 1. The van der Waals surface area contributed by atoms with Crippen molar-refractivity contribution in [2.45, 2.75) is 69.6 Å². The fourth-order valence-electron chi connectivity index (χ4n) is 4.86. The Balaban J connectivity index is 1.47. The third-order valence-electron chi connectivity index (χ3n) is 7.22. The van der Waals surface area contributed by atoms with Gasteiger partial charge >= 0.3 is 0 Å². The van der Waals surface area contributed by atoms with Gasteiger partial charge in [-0.05, 0) is 54.9 Å². The topological polar surface area (TPSA) is 124 Å². The molecule has 1 aromatic heterocycles. The summed E-state index contributed by atoms with van der Waals surface area (Å²) in [5.74, 6) is -1.16. The first-order chi connectivity index (χ1) is 18.8. The quantitative estimate of drug-likeness (QED) is 0.347. The van der Waals surface area contributed by atoms with Gasteiger partial charge in [0.2, 0.25) is 17.7 Å². The first kappa shape index (κ1) is 30.0. The maximum absolute atomic E-state index is 13.9. The van der Waals surface area contributed by atoms with E-state index in [1.165, 1.54) is 4.90 Å². The van der Waals surface area contributed by atoms with E-state index < -0.39 is 39.7 Å². The van der Waals surface area contributed by atoms with Crippen LogP contribution in [0.1, 0.15) is 51.4 Å². The molecule has 0 spiro atoms. The molecule has 0 aliphatic carbocycles. The number of nitrogens with one attached hydrogen (secondary N) is 3. The minimum absolute atomic E-state index is 0.0137. The molecule has 2 aromatic rings. The van der Waals surface area contributed by atoms with Crippen LogP contribution in [0.5, 0.6) is 0 Å². The summed E-state index contributed by atoms with van der Waals surface area (Å²) < 4.78 is -1.10. The Morgan fingerprint density at radius 1 is 1.18 bits per heavy atom. The molecule has 4 N–H and O–H groups in total. The zero-order valence-corrected chi connectivity index (χ0v) is 25.7. The summed E-state index contributed by atoms with van der Waals surface area (Å²) in [5, 5.41) is 19.3. The number of aliphatic hydroxyl groups is 1. The molecular weight excluding hydrogens is 594 g/mol. The van der Waals surface area contributed by atoms with Gasteiger partial charge in [0, 0.05) is 13.0 Å². The zero-order chi connectivity index (χ0) is 29.2. The van der Waals surface area contributed by atoms with Gasteiger partial charge in [0.25, 0.3) is 0 Å². The number of amides is 3. The van der Waals surface area contributed by atoms with Crippen LogP contribution in [0.2, 0.25) is 0 Å². The predicted molar refractivity (Wildman–Crippen MR) is 159 cm³/mol. The number of aryl methyl sites for hydroxylation is 1. The number of aromatic nitrogens is 1. The number of carbonyl (C=O) groups excluding carboxylic acids is 3. The Morgan fingerprint density at radius 3 is 2.40 bits per heavy atom. The van der Waals surface area contributed by atoms with E-state index in [9.17, 15) is 19.5 Å². The van der Waals surface area contributed by atoms with Gasteiger partial charge < -0.3 is 26.0 Å². The Bertz CT molecular complexity index is 1300. The van der Waals surface area contributed by atoms with Crippen molar-refractivity contribution in [3.63, 3.8) is 0 Å². The van der Waals surface area contributed by atoms with Crippen molar-refractivity contribution in [3.8, 4) is 10.4 Å². The Kier molecular flexibility index (Phi) is 8.86. The number of dihydropyridines is 1. The number of β-amino-alcohol motifs (C(OH)–C–C–N with tert-alkyl or cyclic N) is 1. The zero-order valence-electron chi connectivity index (χ0n) is 23.3. The SMILES string of the molecule is Cc1ncsc1-c1ccc([C@H](C)NC(=O)[C@@H]2C[C@@H](O)CN2C(=O)[C@@H](NC(=O)C2(Br)C=CNC=C2)C(C)(C)C)cc1. The molecular formula is C29H36BrN5O4S. The second-order valence-electron chi connectivity index (χ2n) is 11.4. The van der Waals surface area contributed by atoms with Crippen molar-refractivity contribution >= 4 is 45.0 Å². The second-order valence-corrected chi connectivity index (χ2v) is 13.6. The Hall–Kier alpha value is -3.02. The molecule has 3 heterocycles. The molecule has 0 unspecified atom stereocenters. The van der Waals surface area contributed by atoms with Crippen LogP contribution in [-0.4, -0.2) is 61.8 Å². The van der Waals surface area contributed by atoms with Crippen molar-refractivity contribution < 1.29 is 19.5 Å². The minimum Gasteiger partial charge on any atom is -0.391 e. The maximum atomic E-state index is 13.9. The molecule has 3 amide bonds. The number of alkyl halides is 1. The Morgan fingerprint density at radius 2 is 1.82 bits per heavy atom. The summed E-state index contributed by atoms with van der Waals surface area (Å²) in [6, 6.07) is 5.85. The number of halogens is 1. The predicted octanol–water partition coefficient (Wildman–Crippen LogP) is 3.55. The standard InChI is InChI=1S/C29H36BrN5O4S/c1-17(19-6-8-20(9-7-19)23-18(2)32-16-40-23)33-25(37)22-14-21(36)15-35(22)26(38)24(28(3,4)5)34-27(39)29(30)10-12-31-13-11-29/h6-13,16-17,21-22,24,31,36H,14-15H2,1-5H3,(H,33,37)(H,34,39)/t17-,21+,22-,24+/m0/s1. The smallest absolute Gasteiger partial charge is 0.246 e. The number of nitrogens with zero attached hydrogens (tertiary/aromatic N) is 2. The van der Waals surface area contributed by atoms with Gasteiger partial charge in [0.15, 0.2) is 0 Å². The molecule has 4 rings (SSSR count). The van der Waals surface area contributed by atoms with Gasteiger partial charge in [-0.2, -0.15) is 0 Å². The average Bonchev–Trinajstić information content (AvgIpc) is 3.52. The van der Waals surface area contributed by atoms with Crippen LogP contribution >= 0.6 is 27.3 Å². The lowest BCUT2D eigenvalue weighted by Gasteiger charge is -2.37. The fourth-order valence-corrected chi connectivity index (χ4v) is 6.05. The van der Waals surface area contributed by atoms with Crippen LogP contribution in [0.4, 0.5) is 0 Å². The molecule has 1 fully saturated rings. The fraction of sp³-hybridized carbons (Fsp3) is 0.448.